The van der Waals surface area contributed by atoms with E-state index in [9.17, 15) is 0 Å². The molecule has 346 valence electrons. The predicted octanol–water partition coefficient (Wildman–Crippen LogP) is 15.6. The molecule has 11 fully saturated rings. The zero-order chi connectivity index (χ0) is 42.0. The third-order valence-electron chi connectivity index (χ3n) is 24.2. The van der Waals surface area contributed by atoms with Crippen LogP contribution in [0.3, 0.4) is 0 Å². The van der Waals surface area contributed by atoms with Gasteiger partial charge < -0.3 is 0 Å². The normalized spacial score (nSPS) is 50.7. The molecule has 0 aromatic rings. The fourth-order valence-electron chi connectivity index (χ4n) is 21.6. The third-order valence-corrected chi connectivity index (χ3v) is 25.0. The van der Waals surface area contributed by atoms with Crippen LogP contribution in [0.1, 0.15) is 221 Å². The van der Waals surface area contributed by atoms with E-state index in [-0.39, 0.29) is 0 Å². The van der Waals surface area contributed by atoms with Crippen LogP contribution >= 0.6 is 23.2 Å². The highest BCUT2D eigenvalue weighted by Crippen LogP contribution is 2.68. The number of fused-ring (bicyclic) bond motifs is 9. The first kappa shape index (κ1) is 44.0. The molecule has 0 heterocycles. The maximum Gasteiger partial charge on any atom is 0.0339 e. The van der Waals surface area contributed by atoms with Crippen molar-refractivity contribution in [3.8, 4) is 0 Å². The SMILES string of the molecule is CC1(C)C2CC(Cl)CCC2C2CCC(N(C3CCCCC3)C3CCC4C5CCC(N(C6CCCCC6)C6CCC7C8CCC(Cl)CC8C(C)(C)C7C6)CC5C(C)(C)C4C3)CC21. The van der Waals surface area contributed by atoms with E-state index >= 15 is 0 Å². The number of nitrogens with zero attached hydrogens (tertiary/aromatic N) is 2. The number of hydrogen-bond acceptors (Lipinski definition) is 2. The lowest BCUT2D eigenvalue weighted by Gasteiger charge is -2.53. The van der Waals surface area contributed by atoms with Crippen LogP contribution in [0, 0.1) is 87.3 Å². The second-order valence-electron chi connectivity index (χ2n) is 27.3. The van der Waals surface area contributed by atoms with Gasteiger partial charge in [0.25, 0.3) is 0 Å². The minimum atomic E-state index is 0.429. The maximum absolute atomic E-state index is 6.93. The summed E-state index contributed by atoms with van der Waals surface area (Å²) in [5.74, 6) is 11.3. The van der Waals surface area contributed by atoms with Gasteiger partial charge in [-0.1, -0.05) is 80.1 Å². The monoisotopic (exact) mass is 877 g/mol. The van der Waals surface area contributed by atoms with Gasteiger partial charge in [0.1, 0.15) is 0 Å². The Bertz CT molecular complexity index is 1420. The standard InChI is InChI=1S/C57H94Cl2N2/c1-55(2)49-29-35(58)17-23-43(49)45-25-19-39(31-51(45)55)60(37-13-9-7-10-14-37)41-21-27-47-48-28-22-42(34-54(48)57(5,6)53(47)33-41)61(38-15-11-8-12-16-38)40-20-26-46-44-24-18-36(59)30-50(44)56(3,4)52(46)32-40/h35-54H,7-34H2,1-6H3. The summed E-state index contributed by atoms with van der Waals surface area (Å²) in [6, 6.07) is 5.05. The summed E-state index contributed by atoms with van der Waals surface area (Å²) in [5.41, 5.74) is 1.39. The van der Waals surface area contributed by atoms with Gasteiger partial charge in [0, 0.05) is 47.0 Å². The molecule has 0 aliphatic heterocycles. The Morgan fingerprint density at radius 2 is 0.525 bits per heavy atom. The van der Waals surface area contributed by atoms with Crippen LogP contribution in [-0.4, -0.2) is 56.8 Å². The summed E-state index contributed by atoms with van der Waals surface area (Å²) in [6.07, 6.45) is 41.0. The highest BCUT2D eigenvalue weighted by atomic mass is 35.5. The van der Waals surface area contributed by atoms with Gasteiger partial charge in [-0.2, -0.15) is 0 Å². The Hall–Kier alpha value is 0.500. The second-order valence-corrected chi connectivity index (χ2v) is 28.5. The fraction of sp³-hybridized carbons (Fsp3) is 1.00. The second kappa shape index (κ2) is 16.9. The molecule has 11 rings (SSSR count). The summed E-state index contributed by atoms with van der Waals surface area (Å²) in [5, 5.41) is 0.858. The van der Waals surface area contributed by atoms with E-state index < -0.39 is 0 Å². The van der Waals surface area contributed by atoms with Crippen LogP contribution in [0.2, 0.25) is 0 Å². The Morgan fingerprint density at radius 3 is 0.803 bits per heavy atom. The van der Waals surface area contributed by atoms with Crippen LogP contribution in [0.15, 0.2) is 0 Å². The highest BCUT2D eigenvalue weighted by Gasteiger charge is 2.63. The lowest BCUT2D eigenvalue weighted by molar-refractivity contribution is -0.0350. The van der Waals surface area contributed by atoms with Gasteiger partial charge in [-0.05, 0) is 229 Å². The molecule has 0 saturated heterocycles. The third kappa shape index (κ3) is 7.47. The molecule has 11 saturated carbocycles. The molecule has 11 aliphatic rings. The molecule has 0 N–H and O–H groups in total. The fourth-order valence-corrected chi connectivity index (χ4v) is 22.3. The average Bonchev–Trinajstić information content (AvgIpc) is 3.73. The van der Waals surface area contributed by atoms with E-state index in [0.717, 1.165) is 107 Å². The van der Waals surface area contributed by atoms with E-state index in [1.807, 2.05) is 0 Å². The molecule has 0 bridgehead atoms. The van der Waals surface area contributed by atoms with Crippen molar-refractivity contribution in [1.82, 2.24) is 9.80 Å². The van der Waals surface area contributed by atoms with Gasteiger partial charge in [-0.15, -0.1) is 23.2 Å². The minimum Gasteiger partial charge on any atom is -0.294 e. The molecule has 0 spiro atoms. The van der Waals surface area contributed by atoms with Crippen LogP contribution in [-0.2, 0) is 0 Å². The van der Waals surface area contributed by atoms with Gasteiger partial charge in [0.05, 0.1) is 0 Å². The van der Waals surface area contributed by atoms with Crippen molar-refractivity contribution in [1.29, 1.82) is 0 Å². The Kier molecular flexibility index (Phi) is 12.2. The molecule has 61 heavy (non-hydrogen) atoms. The summed E-state index contributed by atoms with van der Waals surface area (Å²) < 4.78 is 0. The molecule has 11 aliphatic carbocycles. The number of alkyl halides is 2. The van der Waals surface area contributed by atoms with E-state index in [4.69, 9.17) is 23.2 Å². The van der Waals surface area contributed by atoms with Crippen molar-refractivity contribution in [3.05, 3.63) is 0 Å². The maximum atomic E-state index is 6.93. The molecule has 0 aromatic heterocycles. The minimum absolute atomic E-state index is 0.429. The topological polar surface area (TPSA) is 6.48 Å². The average molecular weight is 878 g/mol. The largest absolute Gasteiger partial charge is 0.294 e. The molecule has 0 aromatic carbocycles. The molecule has 0 amide bonds. The van der Waals surface area contributed by atoms with Gasteiger partial charge in [0.2, 0.25) is 0 Å². The molecule has 18 atom stereocenters. The van der Waals surface area contributed by atoms with Crippen molar-refractivity contribution in [2.75, 3.05) is 0 Å². The zero-order valence-corrected chi connectivity index (χ0v) is 42.0. The predicted molar refractivity (Wildman–Crippen MR) is 258 cm³/mol. The summed E-state index contributed by atoms with van der Waals surface area (Å²) >= 11 is 13.9. The number of rotatable bonds is 6. The summed E-state index contributed by atoms with van der Waals surface area (Å²) in [6.45, 7) is 16.5. The van der Waals surface area contributed by atoms with E-state index in [1.165, 1.54) is 180 Å². The first-order valence-corrected chi connectivity index (χ1v) is 29.0. The van der Waals surface area contributed by atoms with Crippen LogP contribution in [0.5, 0.6) is 0 Å². The lowest BCUT2D eigenvalue weighted by Crippen LogP contribution is -2.55. The van der Waals surface area contributed by atoms with Gasteiger partial charge in [-0.25, -0.2) is 0 Å². The van der Waals surface area contributed by atoms with Crippen molar-refractivity contribution in [2.24, 2.45) is 87.3 Å². The molecular formula is C57H94Cl2N2. The van der Waals surface area contributed by atoms with Gasteiger partial charge in [-0.3, -0.25) is 9.80 Å². The molecular weight excluding hydrogens is 784 g/mol. The first-order chi connectivity index (χ1) is 29.3. The Morgan fingerprint density at radius 1 is 0.279 bits per heavy atom. The zero-order valence-electron chi connectivity index (χ0n) is 40.5. The molecule has 0 radical (unpaired) electrons. The van der Waals surface area contributed by atoms with Crippen molar-refractivity contribution >= 4 is 23.2 Å². The van der Waals surface area contributed by atoms with E-state index in [2.05, 4.69) is 51.3 Å². The first-order valence-electron chi connectivity index (χ1n) is 28.1. The van der Waals surface area contributed by atoms with Crippen molar-refractivity contribution < 1.29 is 0 Å². The van der Waals surface area contributed by atoms with Crippen LogP contribution < -0.4 is 0 Å². The molecule has 2 nitrogen and oxygen atoms in total. The molecule has 4 heteroatoms. The Labute approximate surface area is 386 Å². The number of halogens is 2. The van der Waals surface area contributed by atoms with Crippen LogP contribution in [0.25, 0.3) is 0 Å². The van der Waals surface area contributed by atoms with Gasteiger partial charge in [0.15, 0.2) is 0 Å². The Balaban J connectivity index is 0.819. The molecule has 18 unspecified atom stereocenters. The summed E-state index contributed by atoms with van der Waals surface area (Å²) in [7, 11) is 0. The smallest absolute Gasteiger partial charge is 0.0339 e. The summed E-state index contributed by atoms with van der Waals surface area (Å²) in [4.78, 5) is 6.73. The van der Waals surface area contributed by atoms with Gasteiger partial charge >= 0.3 is 0 Å². The van der Waals surface area contributed by atoms with E-state index in [0.29, 0.717) is 27.0 Å². The number of hydrogen-bond donors (Lipinski definition) is 0. The van der Waals surface area contributed by atoms with E-state index in [1.54, 1.807) is 0 Å². The van der Waals surface area contributed by atoms with Crippen molar-refractivity contribution in [2.45, 2.75) is 268 Å². The van der Waals surface area contributed by atoms with Crippen LogP contribution in [0.4, 0.5) is 0 Å². The lowest BCUT2D eigenvalue weighted by atomic mass is 9.65. The highest BCUT2D eigenvalue weighted by molar-refractivity contribution is 6.20. The van der Waals surface area contributed by atoms with Crippen molar-refractivity contribution in [3.63, 3.8) is 0 Å². The quantitative estimate of drug-likeness (QED) is 0.245.